The molecule has 6 heteroatoms. The molecule has 5 aromatic heterocycles. The first-order valence-electron chi connectivity index (χ1n) is 24.2. The Morgan fingerprint density at radius 3 is 1.46 bits per heavy atom. The first-order chi connectivity index (χ1) is 33.9. The van der Waals surface area contributed by atoms with E-state index in [4.69, 9.17) is 15.0 Å². The van der Waals surface area contributed by atoms with Gasteiger partial charge in [-0.15, -0.1) is 0 Å². The minimum atomic E-state index is 0.221. The Kier molecular flexibility index (Phi) is 10.6. The summed E-state index contributed by atoms with van der Waals surface area (Å²) >= 11 is 0. The lowest BCUT2D eigenvalue weighted by molar-refractivity contribution is 0.544. The van der Waals surface area contributed by atoms with Crippen molar-refractivity contribution >= 4 is 43.9 Å². The van der Waals surface area contributed by atoms with Crippen LogP contribution in [0.15, 0.2) is 207 Å². The summed E-state index contributed by atoms with van der Waals surface area (Å²) in [7, 11) is 0. The van der Waals surface area contributed by atoms with Gasteiger partial charge in [-0.25, -0.2) is 4.98 Å². The normalized spacial score (nSPS) is 12.6. The van der Waals surface area contributed by atoms with Gasteiger partial charge in [-0.2, -0.15) is 0 Å². The molecule has 0 saturated heterocycles. The fourth-order valence-electron chi connectivity index (χ4n) is 11.0. The monoisotopic (exact) mass is 892 g/mol. The van der Waals surface area contributed by atoms with E-state index in [2.05, 4.69) is 230 Å². The van der Waals surface area contributed by atoms with Gasteiger partial charge in [0.25, 0.3) is 0 Å². The molecule has 12 aromatic rings. The second-order valence-electron chi connectivity index (χ2n) is 18.6. The van der Waals surface area contributed by atoms with Crippen LogP contribution in [0.1, 0.15) is 60.8 Å². The van der Waals surface area contributed by atoms with Crippen LogP contribution in [0.25, 0.3) is 94.6 Å². The lowest BCUT2D eigenvalue weighted by Gasteiger charge is -2.24. The van der Waals surface area contributed by atoms with Crippen molar-refractivity contribution in [2.45, 2.75) is 52.4 Å². The second-order valence-corrected chi connectivity index (χ2v) is 18.6. The van der Waals surface area contributed by atoms with Crippen LogP contribution < -0.4 is 0 Å². The lowest BCUT2D eigenvalue weighted by Crippen LogP contribution is -2.08. The van der Waals surface area contributed by atoms with Crippen molar-refractivity contribution in [1.29, 1.82) is 0 Å². The van der Waals surface area contributed by atoms with Gasteiger partial charge in [-0.05, 0) is 150 Å². The molecule has 6 nitrogen and oxygen atoms in total. The quantitative estimate of drug-likeness (QED) is 0.130. The van der Waals surface area contributed by atoms with Crippen molar-refractivity contribution in [2.75, 3.05) is 0 Å². The van der Waals surface area contributed by atoms with Crippen molar-refractivity contribution in [2.24, 2.45) is 0 Å². The Morgan fingerprint density at radius 1 is 0.449 bits per heavy atom. The van der Waals surface area contributed by atoms with Gasteiger partial charge in [-0.3, -0.25) is 14.5 Å². The summed E-state index contributed by atoms with van der Waals surface area (Å²) in [5, 5.41) is 2.27. The summed E-state index contributed by atoms with van der Waals surface area (Å²) in [4.78, 5) is 14.9. The Labute approximate surface area is 402 Å². The zero-order chi connectivity index (χ0) is 46.6. The highest BCUT2D eigenvalue weighted by atomic mass is 15.1. The summed E-state index contributed by atoms with van der Waals surface area (Å²) in [5.41, 5.74) is 20.8. The molecule has 7 aromatic carbocycles. The highest BCUT2D eigenvalue weighted by molar-refractivity contribution is 6.10. The van der Waals surface area contributed by atoms with E-state index < -0.39 is 0 Å². The molecule has 0 radical (unpaired) electrons. The molecule has 0 aliphatic carbocycles. The number of aryl methyl sites for hydroxylation is 2. The minimum Gasteiger partial charge on any atom is -0.308 e. The topological polar surface area (TPSA) is 53.5 Å². The third-order valence-electron chi connectivity index (χ3n) is 14.3. The molecule has 2 unspecified atom stereocenters. The molecule has 0 aliphatic heterocycles. The van der Waals surface area contributed by atoms with Crippen LogP contribution in [0.3, 0.4) is 0 Å². The molecule has 0 fully saturated rings. The molecule has 0 aliphatic rings. The maximum Gasteiger partial charge on any atom is 0.144 e. The molecule has 0 N–H and O–H groups in total. The zero-order valence-electron chi connectivity index (χ0n) is 39.4. The molecule has 0 saturated carbocycles. The minimum absolute atomic E-state index is 0.221. The number of benzene rings is 7. The van der Waals surface area contributed by atoms with Gasteiger partial charge in [0.15, 0.2) is 0 Å². The fourth-order valence-corrected chi connectivity index (χ4v) is 11.0. The molecular weight excluding hydrogens is 841 g/mol. The number of pyridine rings is 2. The summed E-state index contributed by atoms with van der Waals surface area (Å²) in [6.45, 7) is 9.25. The number of imidazole rings is 1. The zero-order valence-corrected chi connectivity index (χ0v) is 39.4. The molecule has 0 amide bonds. The Bertz CT molecular complexity index is 3640. The van der Waals surface area contributed by atoms with E-state index in [9.17, 15) is 0 Å². The maximum atomic E-state index is 5.04. The number of nitrogens with zero attached hydrogens (tertiary/aromatic N) is 6. The summed E-state index contributed by atoms with van der Waals surface area (Å²) in [6.07, 6.45) is 9.84. The van der Waals surface area contributed by atoms with Gasteiger partial charge < -0.3 is 9.13 Å². The molecule has 0 spiro atoms. The van der Waals surface area contributed by atoms with Gasteiger partial charge >= 0.3 is 0 Å². The fraction of sp³-hybridized carbons (Fsp3) is 0.127. The number of hydrogen-bond donors (Lipinski definition) is 0. The van der Waals surface area contributed by atoms with Crippen LogP contribution in [0.2, 0.25) is 0 Å². The van der Waals surface area contributed by atoms with Gasteiger partial charge in [0.05, 0.1) is 38.8 Å². The van der Waals surface area contributed by atoms with Gasteiger partial charge in [-0.1, -0.05) is 129 Å². The molecule has 69 heavy (non-hydrogen) atoms. The van der Waals surface area contributed by atoms with Crippen molar-refractivity contribution < 1.29 is 0 Å². The van der Waals surface area contributed by atoms with E-state index >= 15 is 0 Å². The van der Waals surface area contributed by atoms with E-state index in [1.807, 2.05) is 18.6 Å². The summed E-state index contributed by atoms with van der Waals surface area (Å²) in [5.74, 6) is 1.52. The smallest absolute Gasteiger partial charge is 0.144 e. The first-order valence-corrected chi connectivity index (χ1v) is 24.2. The summed E-state index contributed by atoms with van der Waals surface area (Å²) in [6, 6.07) is 66.0. The van der Waals surface area contributed by atoms with Crippen LogP contribution in [0.5, 0.6) is 0 Å². The third kappa shape index (κ3) is 7.40. The second kappa shape index (κ2) is 17.4. The predicted octanol–water partition coefficient (Wildman–Crippen LogP) is 16.2. The van der Waals surface area contributed by atoms with Crippen molar-refractivity contribution in [3.8, 4) is 50.7 Å². The molecule has 5 heterocycles. The van der Waals surface area contributed by atoms with E-state index in [-0.39, 0.29) is 5.92 Å². The van der Waals surface area contributed by atoms with Gasteiger partial charge in [0.2, 0.25) is 0 Å². The van der Waals surface area contributed by atoms with Crippen molar-refractivity contribution in [3.05, 3.63) is 229 Å². The number of aromatic nitrogens is 6. The Morgan fingerprint density at radius 2 is 0.957 bits per heavy atom. The molecular formula is C63H52N6. The number of fused-ring (bicyclic) bond motifs is 6. The number of rotatable bonds is 11. The predicted molar refractivity (Wildman–Crippen MR) is 286 cm³/mol. The average molecular weight is 893 g/mol. The third-order valence-corrected chi connectivity index (χ3v) is 14.3. The van der Waals surface area contributed by atoms with E-state index in [1.165, 1.54) is 50.2 Å². The Hall–Kier alpha value is -8.35. The molecule has 2 atom stereocenters. The highest BCUT2D eigenvalue weighted by Crippen LogP contribution is 2.41. The van der Waals surface area contributed by atoms with E-state index in [0.29, 0.717) is 5.92 Å². The maximum absolute atomic E-state index is 5.04. The molecule has 0 bridgehead atoms. The van der Waals surface area contributed by atoms with Crippen LogP contribution in [-0.4, -0.2) is 28.7 Å². The van der Waals surface area contributed by atoms with Crippen molar-refractivity contribution in [3.63, 3.8) is 0 Å². The van der Waals surface area contributed by atoms with E-state index in [0.717, 1.165) is 79.5 Å². The lowest BCUT2D eigenvalue weighted by atomic mass is 9.83. The number of hydrogen-bond acceptors (Lipinski definition) is 3. The van der Waals surface area contributed by atoms with E-state index in [1.54, 1.807) is 0 Å². The molecule has 334 valence electrons. The van der Waals surface area contributed by atoms with Crippen molar-refractivity contribution in [1.82, 2.24) is 28.7 Å². The van der Waals surface area contributed by atoms with Gasteiger partial charge in [0, 0.05) is 52.5 Å². The standard InChI is InChI=1S/C63H52N6/c1-5-44(51-34-42(3)62(43(4)35-51)67-32-31-66-63(67)47-21-13-8-14-22-47)33-41(2)50-36-52(68-56-27-25-48(45-17-9-6-10-18-45)38-54(56)60-58(68)23-15-29-64-60)40-53(37-50)69-57-28-26-49(46-19-11-7-12-20-46)39-55(57)61-59(69)24-16-30-65-61/h6-32,34-41,44H,5,33H2,1-4H3. The van der Waals surface area contributed by atoms with Crippen LogP contribution in [0, 0.1) is 13.8 Å². The highest BCUT2D eigenvalue weighted by Gasteiger charge is 2.23. The average Bonchev–Trinajstić information content (AvgIpc) is 4.11. The van der Waals surface area contributed by atoms with Crippen LogP contribution in [0.4, 0.5) is 0 Å². The SMILES string of the molecule is CCC(CC(C)c1cc(-n2c3ccc(-c4ccccc4)cc3c3ncccc32)cc(-n2c3ccc(-c4ccccc4)cc3c3ncccc32)c1)c1cc(C)c(-n2ccnc2-c2ccccc2)c(C)c1. The van der Waals surface area contributed by atoms with Gasteiger partial charge in [0.1, 0.15) is 5.82 Å². The summed E-state index contributed by atoms with van der Waals surface area (Å²) < 4.78 is 7.10. The van der Waals surface area contributed by atoms with Crippen LogP contribution in [-0.2, 0) is 0 Å². The first kappa shape index (κ1) is 42.0. The Balaban J connectivity index is 1.01. The molecule has 12 rings (SSSR count). The van der Waals surface area contributed by atoms with Crippen LogP contribution >= 0.6 is 0 Å². The largest absolute Gasteiger partial charge is 0.308 e.